The normalized spacial score (nSPS) is 18.2. The summed E-state index contributed by atoms with van der Waals surface area (Å²) in [5, 5.41) is 8.64. The van der Waals surface area contributed by atoms with Crippen LogP contribution in [-0.2, 0) is 0 Å². The Morgan fingerprint density at radius 2 is 1.87 bits per heavy atom. The maximum Gasteiger partial charge on any atom is 0.237 e. The Labute approximate surface area is 180 Å². The van der Waals surface area contributed by atoms with Crippen molar-refractivity contribution < 1.29 is 0 Å². The van der Waals surface area contributed by atoms with Crippen LogP contribution in [-0.4, -0.2) is 40.3 Å². The van der Waals surface area contributed by atoms with Crippen LogP contribution in [0.2, 0.25) is 0 Å². The molecular weight excluding hydrogens is 388 g/mol. The van der Waals surface area contributed by atoms with Gasteiger partial charge in [-0.05, 0) is 19.3 Å². The molecule has 0 unspecified atom stereocenters. The van der Waals surface area contributed by atoms with Crippen molar-refractivity contribution >= 4 is 5.82 Å². The topological polar surface area (TPSA) is 77.5 Å². The van der Waals surface area contributed by atoms with E-state index >= 15 is 0 Å². The van der Waals surface area contributed by atoms with Crippen molar-refractivity contribution in [2.24, 2.45) is 0 Å². The SMILES string of the molecule is CC[C@@H]1c2nncn2-c2cnc(-n3cnc(-c4ccccc4)c3)nc2N1C1CCCC1. The number of aromatic nitrogens is 7. The minimum absolute atomic E-state index is 0.170. The molecule has 8 nitrogen and oxygen atoms in total. The van der Waals surface area contributed by atoms with Gasteiger partial charge in [-0.25, -0.2) is 9.97 Å². The van der Waals surface area contributed by atoms with Crippen molar-refractivity contribution in [3.63, 3.8) is 0 Å². The molecular formula is C23H24N8. The molecule has 0 saturated heterocycles. The average molecular weight is 413 g/mol. The van der Waals surface area contributed by atoms with E-state index in [-0.39, 0.29) is 6.04 Å². The number of anilines is 1. The number of hydrogen-bond acceptors (Lipinski definition) is 6. The Morgan fingerprint density at radius 3 is 2.68 bits per heavy atom. The van der Waals surface area contributed by atoms with Crippen LogP contribution in [0.4, 0.5) is 5.82 Å². The Kier molecular flexibility index (Phi) is 4.29. The molecule has 0 spiro atoms. The minimum atomic E-state index is 0.170. The second-order valence-corrected chi connectivity index (χ2v) is 8.24. The number of nitrogens with zero attached hydrogens (tertiary/aromatic N) is 8. The predicted octanol–water partition coefficient (Wildman–Crippen LogP) is 4.12. The number of imidazole rings is 1. The summed E-state index contributed by atoms with van der Waals surface area (Å²) in [6.45, 7) is 2.21. The number of fused-ring (bicyclic) bond motifs is 3. The largest absolute Gasteiger partial charge is 0.341 e. The maximum absolute atomic E-state index is 5.05. The van der Waals surface area contributed by atoms with Crippen LogP contribution in [0.25, 0.3) is 22.9 Å². The van der Waals surface area contributed by atoms with E-state index in [1.165, 1.54) is 25.7 Å². The highest BCUT2D eigenvalue weighted by atomic mass is 15.4. The number of benzene rings is 1. The fraction of sp³-hybridized carbons (Fsp3) is 0.348. The first-order chi connectivity index (χ1) is 15.3. The van der Waals surface area contributed by atoms with E-state index in [2.05, 4.69) is 44.1 Å². The van der Waals surface area contributed by atoms with Crippen LogP contribution in [0.1, 0.15) is 50.9 Å². The average Bonchev–Trinajstić information content (AvgIpc) is 3.60. The van der Waals surface area contributed by atoms with Gasteiger partial charge in [-0.15, -0.1) is 10.2 Å². The highest BCUT2D eigenvalue weighted by Crippen LogP contribution is 2.42. The summed E-state index contributed by atoms with van der Waals surface area (Å²) < 4.78 is 3.94. The Morgan fingerprint density at radius 1 is 1.03 bits per heavy atom. The molecule has 4 aromatic rings. The fourth-order valence-electron chi connectivity index (χ4n) is 4.95. The van der Waals surface area contributed by atoms with Crippen molar-refractivity contribution in [3.05, 3.63) is 61.2 Å². The van der Waals surface area contributed by atoms with Gasteiger partial charge in [0.25, 0.3) is 0 Å². The summed E-state index contributed by atoms with van der Waals surface area (Å²) in [6, 6.07) is 10.8. The quantitative estimate of drug-likeness (QED) is 0.502. The molecule has 156 valence electrons. The van der Waals surface area contributed by atoms with Crippen molar-refractivity contribution in [3.8, 4) is 22.9 Å². The molecule has 1 aliphatic carbocycles. The van der Waals surface area contributed by atoms with Crippen LogP contribution in [0.5, 0.6) is 0 Å². The second kappa shape index (κ2) is 7.30. The second-order valence-electron chi connectivity index (χ2n) is 8.24. The van der Waals surface area contributed by atoms with Crippen molar-refractivity contribution in [1.29, 1.82) is 0 Å². The van der Waals surface area contributed by atoms with Gasteiger partial charge in [0.2, 0.25) is 5.95 Å². The Bertz CT molecular complexity index is 1210. The van der Waals surface area contributed by atoms with E-state index in [4.69, 9.17) is 4.98 Å². The summed E-state index contributed by atoms with van der Waals surface area (Å²) in [4.78, 5) is 16.8. The van der Waals surface area contributed by atoms with E-state index in [0.717, 1.165) is 35.0 Å². The third-order valence-corrected chi connectivity index (χ3v) is 6.44. The molecule has 4 heterocycles. The molecule has 0 bridgehead atoms. The lowest BCUT2D eigenvalue weighted by Crippen LogP contribution is -2.42. The molecule has 6 rings (SSSR count). The van der Waals surface area contributed by atoms with E-state index in [1.807, 2.05) is 39.7 Å². The Hall–Kier alpha value is -3.55. The highest BCUT2D eigenvalue weighted by molar-refractivity contribution is 5.63. The molecule has 2 aliphatic rings. The van der Waals surface area contributed by atoms with E-state index in [1.54, 1.807) is 12.7 Å². The van der Waals surface area contributed by atoms with Crippen LogP contribution in [0, 0.1) is 0 Å². The van der Waals surface area contributed by atoms with Gasteiger partial charge < -0.3 is 4.90 Å². The van der Waals surface area contributed by atoms with Gasteiger partial charge in [0.15, 0.2) is 11.6 Å². The van der Waals surface area contributed by atoms with E-state index < -0.39 is 0 Å². The molecule has 1 atom stereocenters. The summed E-state index contributed by atoms with van der Waals surface area (Å²) in [7, 11) is 0. The number of hydrogen-bond donors (Lipinski definition) is 0. The Balaban J connectivity index is 1.46. The lowest BCUT2D eigenvalue weighted by molar-refractivity contribution is 0.468. The monoisotopic (exact) mass is 412 g/mol. The van der Waals surface area contributed by atoms with Crippen molar-refractivity contribution in [1.82, 2.24) is 34.3 Å². The first kappa shape index (κ1) is 18.2. The van der Waals surface area contributed by atoms with Crippen molar-refractivity contribution in [2.75, 3.05) is 4.90 Å². The first-order valence-electron chi connectivity index (χ1n) is 11.0. The third-order valence-electron chi connectivity index (χ3n) is 6.44. The highest BCUT2D eigenvalue weighted by Gasteiger charge is 2.38. The van der Waals surface area contributed by atoms with Gasteiger partial charge in [-0.3, -0.25) is 9.13 Å². The first-order valence-corrected chi connectivity index (χ1v) is 11.0. The molecule has 0 amide bonds. The van der Waals surface area contributed by atoms with Gasteiger partial charge in [-0.2, -0.15) is 4.98 Å². The van der Waals surface area contributed by atoms with Crippen LogP contribution in [0.15, 0.2) is 55.4 Å². The lowest BCUT2D eigenvalue weighted by Gasteiger charge is -2.40. The zero-order valence-corrected chi connectivity index (χ0v) is 17.5. The summed E-state index contributed by atoms with van der Waals surface area (Å²) >= 11 is 0. The molecule has 1 aliphatic heterocycles. The van der Waals surface area contributed by atoms with Crippen LogP contribution < -0.4 is 4.90 Å². The van der Waals surface area contributed by atoms with Gasteiger partial charge in [0.1, 0.15) is 18.3 Å². The molecule has 0 N–H and O–H groups in total. The maximum atomic E-state index is 5.05. The van der Waals surface area contributed by atoms with Gasteiger partial charge in [0.05, 0.1) is 17.9 Å². The third kappa shape index (κ3) is 2.93. The predicted molar refractivity (Wildman–Crippen MR) is 117 cm³/mol. The molecule has 8 heteroatoms. The molecule has 0 radical (unpaired) electrons. The zero-order chi connectivity index (χ0) is 20.8. The fourth-order valence-corrected chi connectivity index (χ4v) is 4.95. The summed E-state index contributed by atoms with van der Waals surface area (Å²) in [5.74, 6) is 2.57. The van der Waals surface area contributed by atoms with Crippen LogP contribution >= 0.6 is 0 Å². The summed E-state index contributed by atoms with van der Waals surface area (Å²) in [6.07, 6.45) is 13.3. The minimum Gasteiger partial charge on any atom is -0.341 e. The molecule has 3 aromatic heterocycles. The van der Waals surface area contributed by atoms with Crippen LogP contribution in [0.3, 0.4) is 0 Å². The molecule has 1 fully saturated rings. The summed E-state index contributed by atoms with van der Waals surface area (Å²) in [5.41, 5.74) is 2.93. The van der Waals surface area contributed by atoms with E-state index in [0.29, 0.717) is 12.0 Å². The van der Waals surface area contributed by atoms with E-state index in [9.17, 15) is 0 Å². The standard InChI is InChI=1S/C23H24N8/c1-2-19-22-28-26-15-30(22)20-12-24-23(27-21(20)31(19)17-10-6-7-11-17)29-13-18(25-14-29)16-8-4-3-5-9-16/h3-5,8-9,12-15,17,19H,2,6-7,10-11H2,1H3/t19-/m1/s1. The molecule has 31 heavy (non-hydrogen) atoms. The van der Waals surface area contributed by atoms with Gasteiger partial charge in [0, 0.05) is 17.8 Å². The molecule has 1 aromatic carbocycles. The number of rotatable bonds is 4. The smallest absolute Gasteiger partial charge is 0.237 e. The van der Waals surface area contributed by atoms with Crippen molar-refractivity contribution in [2.45, 2.75) is 51.1 Å². The molecule has 1 saturated carbocycles. The van der Waals surface area contributed by atoms with Gasteiger partial charge >= 0.3 is 0 Å². The van der Waals surface area contributed by atoms with Gasteiger partial charge in [-0.1, -0.05) is 50.1 Å². The zero-order valence-electron chi connectivity index (χ0n) is 17.5. The lowest BCUT2D eigenvalue weighted by atomic mass is 10.0.